The van der Waals surface area contributed by atoms with Gasteiger partial charge in [-0.15, -0.1) is 0 Å². The number of anilines is 1. The number of carbonyl (C=O) groups is 2. The van der Waals surface area contributed by atoms with Crippen LogP contribution >= 0.6 is 11.5 Å². The Morgan fingerprint density at radius 1 is 1.30 bits per heavy atom. The molecule has 1 amide bonds. The Bertz CT molecular complexity index is 664. The summed E-state index contributed by atoms with van der Waals surface area (Å²) in [5.74, 6) is -1.41. The van der Waals surface area contributed by atoms with E-state index in [-0.39, 0.29) is 11.5 Å². The molecule has 6 nitrogen and oxygen atoms in total. The average Bonchev–Trinajstić information content (AvgIpc) is 2.80. The Balaban J connectivity index is 2.36. The first kappa shape index (κ1) is 14.1. The van der Waals surface area contributed by atoms with E-state index in [9.17, 15) is 14.7 Å². The van der Waals surface area contributed by atoms with Crippen molar-refractivity contribution in [2.75, 3.05) is 11.9 Å². The zero-order chi connectivity index (χ0) is 14.9. The maximum absolute atomic E-state index is 12.3. The second-order valence-electron chi connectivity index (χ2n) is 4.31. The lowest BCUT2D eigenvalue weighted by atomic mass is 10.2. The van der Waals surface area contributed by atoms with Gasteiger partial charge in [-0.25, -0.2) is 4.79 Å². The molecule has 104 valence electrons. The fraction of sp³-hybridized carbons (Fsp3) is 0.231. The van der Waals surface area contributed by atoms with Crippen molar-refractivity contribution in [3.8, 4) is 0 Å². The predicted molar refractivity (Wildman–Crippen MR) is 75.5 cm³/mol. The first-order chi connectivity index (χ1) is 9.41. The van der Waals surface area contributed by atoms with E-state index >= 15 is 0 Å². The maximum Gasteiger partial charge on any atom is 0.340 e. The number of aryl methyl sites for hydroxylation is 2. The number of carboxylic acids is 1. The predicted octanol–water partition coefficient (Wildman–Crippen LogP) is 2.13. The lowest BCUT2D eigenvalue weighted by Crippen LogP contribution is -2.27. The summed E-state index contributed by atoms with van der Waals surface area (Å²) in [7, 11) is 1.53. The van der Waals surface area contributed by atoms with Crippen molar-refractivity contribution in [2.45, 2.75) is 13.8 Å². The molecule has 2 rings (SSSR count). The Morgan fingerprint density at radius 3 is 2.55 bits per heavy atom. The van der Waals surface area contributed by atoms with Crippen molar-refractivity contribution < 1.29 is 14.7 Å². The minimum atomic E-state index is -1.09. The van der Waals surface area contributed by atoms with Gasteiger partial charge in [0, 0.05) is 18.9 Å². The van der Waals surface area contributed by atoms with Crippen LogP contribution in [0.3, 0.4) is 0 Å². The van der Waals surface area contributed by atoms with Crippen molar-refractivity contribution in [1.82, 2.24) is 9.36 Å². The van der Waals surface area contributed by atoms with E-state index < -0.39 is 5.97 Å². The summed E-state index contributed by atoms with van der Waals surface area (Å²) in [6.07, 6.45) is 1.47. The molecular formula is C13H13N3O3S. The molecule has 0 spiro atoms. The van der Waals surface area contributed by atoms with Crippen LogP contribution in [0.1, 0.15) is 32.1 Å². The van der Waals surface area contributed by atoms with Crippen LogP contribution in [-0.2, 0) is 0 Å². The van der Waals surface area contributed by atoms with Gasteiger partial charge in [0.1, 0.15) is 10.6 Å². The van der Waals surface area contributed by atoms with Crippen LogP contribution in [0.5, 0.6) is 0 Å². The van der Waals surface area contributed by atoms with Crippen molar-refractivity contribution in [3.05, 3.63) is 40.8 Å². The summed E-state index contributed by atoms with van der Waals surface area (Å²) < 4.78 is 4.00. The molecule has 0 saturated heterocycles. The molecule has 0 saturated carbocycles. The third kappa shape index (κ3) is 2.53. The molecule has 2 heterocycles. The third-order valence-corrected chi connectivity index (χ3v) is 3.84. The van der Waals surface area contributed by atoms with Crippen molar-refractivity contribution in [1.29, 1.82) is 0 Å². The van der Waals surface area contributed by atoms with Gasteiger partial charge in [0.25, 0.3) is 5.91 Å². The van der Waals surface area contributed by atoms with Crippen molar-refractivity contribution in [3.63, 3.8) is 0 Å². The number of hydrogen-bond donors (Lipinski definition) is 1. The molecule has 0 radical (unpaired) electrons. The molecule has 0 aliphatic carbocycles. The van der Waals surface area contributed by atoms with Crippen LogP contribution in [-0.4, -0.2) is 33.4 Å². The number of amides is 1. The highest BCUT2D eigenvalue weighted by atomic mass is 32.1. The van der Waals surface area contributed by atoms with Crippen LogP contribution in [0.25, 0.3) is 0 Å². The average molecular weight is 291 g/mol. The lowest BCUT2D eigenvalue weighted by molar-refractivity contribution is 0.0697. The molecular weight excluding hydrogens is 278 g/mol. The fourth-order valence-electron chi connectivity index (χ4n) is 1.71. The maximum atomic E-state index is 12.3. The van der Waals surface area contributed by atoms with Gasteiger partial charge in [-0.05, 0) is 37.5 Å². The summed E-state index contributed by atoms with van der Waals surface area (Å²) in [5.41, 5.74) is 1.68. The van der Waals surface area contributed by atoms with Crippen molar-refractivity contribution >= 4 is 28.4 Å². The van der Waals surface area contributed by atoms with Crippen LogP contribution in [0.2, 0.25) is 0 Å². The number of carboxylic acid groups (broad SMARTS) is 1. The summed E-state index contributed by atoms with van der Waals surface area (Å²) >= 11 is 0.993. The lowest BCUT2D eigenvalue weighted by Gasteiger charge is -2.15. The minimum absolute atomic E-state index is 0.0610. The van der Waals surface area contributed by atoms with Crippen LogP contribution in [0, 0.1) is 13.8 Å². The molecule has 2 aromatic heterocycles. The van der Waals surface area contributed by atoms with Gasteiger partial charge in [0.05, 0.1) is 11.3 Å². The zero-order valence-electron chi connectivity index (χ0n) is 11.2. The van der Waals surface area contributed by atoms with Crippen LogP contribution in [0.4, 0.5) is 5.00 Å². The summed E-state index contributed by atoms with van der Waals surface area (Å²) in [5, 5.41) is 9.51. The fourth-order valence-corrected chi connectivity index (χ4v) is 2.56. The summed E-state index contributed by atoms with van der Waals surface area (Å²) in [6.45, 7) is 3.43. The van der Waals surface area contributed by atoms with E-state index in [4.69, 9.17) is 0 Å². The van der Waals surface area contributed by atoms with E-state index in [1.165, 1.54) is 18.1 Å². The van der Waals surface area contributed by atoms with E-state index in [1.54, 1.807) is 19.1 Å². The number of aromatic nitrogens is 2. The highest BCUT2D eigenvalue weighted by Crippen LogP contribution is 2.28. The molecule has 1 N–H and O–H groups in total. The van der Waals surface area contributed by atoms with E-state index in [1.807, 2.05) is 6.92 Å². The van der Waals surface area contributed by atoms with E-state index in [0.717, 1.165) is 17.2 Å². The Labute approximate surface area is 119 Å². The Kier molecular flexibility index (Phi) is 3.80. The van der Waals surface area contributed by atoms with Gasteiger partial charge in [0.2, 0.25) is 0 Å². The first-order valence-corrected chi connectivity index (χ1v) is 6.59. The number of hydrogen-bond acceptors (Lipinski definition) is 5. The van der Waals surface area contributed by atoms with Crippen LogP contribution in [0.15, 0.2) is 18.3 Å². The largest absolute Gasteiger partial charge is 0.478 e. The molecule has 0 aliphatic rings. The smallest absolute Gasteiger partial charge is 0.340 e. The standard InChI is InChI=1S/C13H13N3O3S/c1-7-4-5-9(6-14-7)11(17)16(3)12-10(13(18)19)8(2)15-20-12/h4-6H,1-3H3,(H,18,19). The van der Waals surface area contributed by atoms with Crippen molar-refractivity contribution in [2.24, 2.45) is 0 Å². The van der Waals surface area contributed by atoms with Gasteiger partial charge in [-0.1, -0.05) is 0 Å². The number of rotatable bonds is 3. The number of carbonyl (C=O) groups excluding carboxylic acids is 1. The molecule has 0 atom stereocenters. The SMILES string of the molecule is Cc1ccc(C(=O)N(C)c2snc(C)c2C(=O)O)cn1. The second-order valence-corrected chi connectivity index (χ2v) is 5.06. The zero-order valence-corrected chi connectivity index (χ0v) is 12.1. The molecule has 0 aliphatic heterocycles. The molecule has 2 aromatic rings. The minimum Gasteiger partial charge on any atom is -0.478 e. The van der Waals surface area contributed by atoms with Gasteiger partial charge in [0.15, 0.2) is 0 Å². The molecule has 0 aromatic carbocycles. The monoisotopic (exact) mass is 291 g/mol. The Morgan fingerprint density at radius 2 is 2.00 bits per heavy atom. The number of pyridine rings is 1. The number of nitrogens with zero attached hydrogens (tertiary/aromatic N) is 3. The summed E-state index contributed by atoms with van der Waals surface area (Å²) in [4.78, 5) is 28.9. The normalized spacial score (nSPS) is 10.3. The molecule has 20 heavy (non-hydrogen) atoms. The molecule has 0 fully saturated rings. The van der Waals surface area contributed by atoms with Gasteiger partial charge in [-0.2, -0.15) is 4.37 Å². The first-order valence-electron chi connectivity index (χ1n) is 5.82. The second kappa shape index (κ2) is 5.38. The van der Waals surface area contributed by atoms with Crippen LogP contribution < -0.4 is 4.90 Å². The summed E-state index contributed by atoms with van der Waals surface area (Å²) in [6, 6.07) is 3.40. The highest BCUT2D eigenvalue weighted by molar-refractivity contribution is 7.11. The van der Waals surface area contributed by atoms with E-state index in [2.05, 4.69) is 9.36 Å². The molecule has 0 unspecified atom stereocenters. The quantitative estimate of drug-likeness (QED) is 0.936. The molecule has 0 bridgehead atoms. The van der Waals surface area contributed by atoms with Gasteiger partial charge in [-0.3, -0.25) is 9.78 Å². The Hall–Kier alpha value is -2.28. The van der Waals surface area contributed by atoms with Gasteiger partial charge < -0.3 is 10.0 Å². The van der Waals surface area contributed by atoms with Gasteiger partial charge >= 0.3 is 5.97 Å². The third-order valence-electron chi connectivity index (χ3n) is 2.83. The number of aromatic carboxylic acids is 1. The molecule has 7 heteroatoms. The topological polar surface area (TPSA) is 83.4 Å². The highest BCUT2D eigenvalue weighted by Gasteiger charge is 2.24. The van der Waals surface area contributed by atoms with E-state index in [0.29, 0.717) is 16.3 Å².